The Kier molecular flexibility index (Phi) is 3.87. The predicted octanol–water partition coefficient (Wildman–Crippen LogP) is 1.31. The standard InChI is InChI=1S/C9H11N3OS/c1-10-8(13)12-9(14)11-7-5-3-2-4-6-7/h2-6H,1H3,(H3,10,11,12,13,14). The summed E-state index contributed by atoms with van der Waals surface area (Å²) in [7, 11) is 1.53. The van der Waals surface area contributed by atoms with Crippen molar-refractivity contribution in [3.63, 3.8) is 0 Å². The summed E-state index contributed by atoms with van der Waals surface area (Å²) in [6.07, 6.45) is 0. The molecule has 3 N–H and O–H groups in total. The first-order chi connectivity index (χ1) is 6.72. The van der Waals surface area contributed by atoms with Crippen molar-refractivity contribution in [1.82, 2.24) is 10.6 Å². The van der Waals surface area contributed by atoms with Gasteiger partial charge in [0.05, 0.1) is 0 Å². The molecule has 0 saturated heterocycles. The fourth-order valence-electron chi connectivity index (χ4n) is 0.849. The topological polar surface area (TPSA) is 53.2 Å². The summed E-state index contributed by atoms with van der Waals surface area (Å²) in [5.41, 5.74) is 0.842. The van der Waals surface area contributed by atoms with Crippen molar-refractivity contribution in [2.24, 2.45) is 0 Å². The first-order valence-corrected chi connectivity index (χ1v) is 4.48. The molecule has 0 aliphatic rings. The van der Waals surface area contributed by atoms with Gasteiger partial charge >= 0.3 is 6.03 Å². The van der Waals surface area contributed by atoms with Crippen molar-refractivity contribution >= 4 is 29.0 Å². The zero-order chi connectivity index (χ0) is 10.4. The smallest absolute Gasteiger partial charge is 0.320 e. The summed E-state index contributed by atoms with van der Waals surface area (Å²) in [5.74, 6) is 0. The minimum absolute atomic E-state index is 0.274. The molecule has 1 rings (SSSR count). The number of rotatable bonds is 1. The second-order valence-electron chi connectivity index (χ2n) is 2.52. The van der Waals surface area contributed by atoms with Gasteiger partial charge in [0.2, 0.25) is 0 Å². The average Bonchev–Trinajstić information content (AvgIpc) is 2.19. The molecule has 4 nitrogen and oxygen atoms in total. The van der Waals surface area contributed by atoms with E-state index >= 15 is 0 Å². The van der Waals surface area contributed by atoms with Gasteiger partial charge in [-0.25, -0.2) is 4.79 Å². The van der Waals surface area contributed by atoms with Gasteiger partial charge in [-0.2, -0.15) is 0 Å². The number of carbonyl (C=O) groups is 1. The van der Waals surface area contributed by atoms with Crippen LogP contribution in [0, 0.1) is 0 Å². The lowest BCUT2D eigenvalue weighted by Crippen LogP contribution is -2.39. The van der Waals surface area contributed by atoms with Crippen LogP contribution in [0.25, 0.3) is 0 Å². The lowest BCUT2D eigenvalue weighted by molar-refractivity contribution is 0.247. The Hall–Kier alpha value is -1.62. The quantitative estimate of drug-likeness (QED) is 0.611. The van der Waals surface area contributed by atoms with Crippen LogP contribution in [0.1, 0.15) is 0 Å². The van der Waals surface area contributed by atoms with Crippen LogP contribution in [0.15, 0.2) is 30.3 Å². The van der Waals surface area contributed by atoms with E-state index in [9.17, 15) is 4.79 Å². The summed E-state index contributed by atoms with van der Waals surface area (Å²) in [5, 5.41) is 7.99. The van der Waals surface area contributed by atoms with Crippen molar-refractivity contribution in [3.8, 4) is 0 Å². The molecular formula is C9H11N3OS. The molecule has 0 heterocycles. The van der Waals surface area contributed by atoms with E-state index in [1.54, 1.807) is 0 Å². The van der Waals surface area contributed by atoms with Crippen LogP contribution >= 0.6 is 12.2 Å². The third kappa shape index (κ3) is 3.40. The minimum atomic E-state index is -0.335. The zero-order valence-corrected chi connectivity index (χ0v) is 8.52. The van der Waals surface area contributed by atoms with Gasteiger partial charge in [-0.15, -0.1) is 0 Å². The molecule has 1 aromatic carbocycles. The molecule has 0 fully saturated rings. The SMILES string of the molecule is CNC(=O)NC(=S)Nc1ccccc1. The Balaban J connectivity index is 2.46. The summed E-state index contributed by atoms with van der Waals surface area (Å²) >= 11 is 4.90. The number of hydrogen-bond donors (Lipinski definition) is 3. The molecule has 0 spiro atoms. The minimum Gasteiger partial charge on any atom is -0.341 e. The van der Waals surface area contributed by atoms with Crippen LogP contribution in [-0.4, -0.2) is 18.2 Å². The molecule has 0 aliphatic heterocycles. The van der Waals surface area contributed by atoms with Crippen molar-refractivity contribution in [1.29, 1.82) is 0 Å². The van der Waals surface area contributed by atoms with Gasteiger partial charge in [0.25, 0.3) is 0 Å². The van der Waals surface area contributed by atoms with Crippen LogP contribution in [0.3, 0.4) is 0 Å². The monoisotopic (exact) mass is 209 g/mol. The molecule has 0 aromatic heterocycles. The van der Waals surface area contributed by atoms with Gasteiger partial charge in [-0.05, 0) is 24.4 Å². The number of carbonyl (C=O) groups excluding carboxylic acids is 1. The van der Waals surface area contributed by atoms with Crippen LogP contribution in [0.2, 0.25) is 0 Å². The Labute approximate surface area is 87.7 Å². The van der Waals surface area contributed by atoms with Crippen molar-refractivity contribution in [3.05, 3.63) is 30.3 Å². The fraction of sp³-hybridized carbons (Fsp3) is 0.111. The summed E-state index contributed by atoms with van der Waals surface area (Å²) in [4.78, 5) is 10.9. The number of urea groups is 1. The third-order valence-electron chi connectivity index (χ3n) is 1.49. The van der Waals surface area contributed by atoms with Gasteiger partial charge in [0.1, 0.15) is 0 Å². The molecule has 0 bridgehead atoms. The first-order valence-electron chi connectivity index (χ1n) is 4.07. The number of nitrogens with one attached hydrogen (secondary N) is 3. The lowest BCUT2D eigenvalue weighted by Gasteiger charge is -2.08. The van der Waals surface area contributed by atoms with Crippen LogP contribution in [-0.2, 0) is 0 Å². The van der Waals surface area contributed by atoms with Crippen LogP contribution in [0.4, 0.5) is 10.5 Å². The molecule has 2 amide bonds. The van der Waals surface area contributed by atoms with E-state index in [0.29, 0.717) is 0 Å². The van der Waals surface area contributed by atoms with Gasteiger partial charge in [-0.1, -0.05) is 18.2 Å². The first kappa shape index (κ1) is 10.5. The molecule has 14 heavy (non-hydrogen) atoms. The van der Waals surface area contributed by atoms with Crippen LogP contribution in [0.5, 0.6) is 0 Å². The molecule has 0 radical (unpaired) electrons. The van der Waals surface area contributed by atoms with Crippen molar-refractivity contribution in [2.75, 3.05) is 12.4 Å². The normalized spacial score (nSPS) is 8.93. The third-order valence-corrected chi connectivity index (χ3v) is 1.69. The highest BCUT2D eigenvalue weighted by atomic mass is 32.1. The highest BCUT2D eigenvalue weighted by Gasteiger charge is 2.00. The van der Waals surface area contributed by atoms with E-state index in [1.165, 1.54) is 7.05 Å². The number of benzene rings is 1. The maximum absolute atomic E-state index is 10.9. The zero-order valence-electron chi connectivity index (χ0n) is 7.70. The van der Waals surface area contributed by atoms with Crippen LogP contribution < -0.4 is 16.0 Å². The van der Waals surface area contributed by atoms with E-state index < -0.39 is 0 Å². The van der Waals surface area contributed by atoms with E-state index in [1.807, 2.05) is 30.3 Å². The van der Waals surface area contributed by atoms with Gasteiger partial charge < -0.3 is 10.6 Å². The van der Waals surface area contributed by atoms with E-state index in [0.717, 1.165) is 5.69 Å². The number of anilines is 1. The largest absolute Gasteiger partial charge is 0.341 e. The second kappa shape index (κ2) is 5.18. The number of para-hydroxylation sites is 1. The highest BCUT2D eigenvalue weighted by molar-refractivity contribution is 7.80. The van der Waals surface area contributed by atoms with E-state index in [4.69, 9.17) is 12.2 Å². The maximum atomic E-state index is 10.9. The Morgan fingerprint density at radius 2 is 1.93 bits per heavy atom. The highest BCUT2D eigenvalue weighted by Crippen LogP contribution is 2.03. The molecule has 1 aromatic rings. The fourth-order valence-corrected chi connectivity index (χ4v) is 1.06. The lowest BCUT2D eigenvalue weighted by atomic mass is 10.3. The average molecular weight is 209 g/mol. The molecule has 0 saturated carbocycles. The Morgan fingerprint density at radius 1 is 1.29 bits per heavy atom. The molecule has 0 unspecified atom stereocenters. The van der Waals surface area contributed by atoms with Crippen molar-refractivity contribution < 1.29 is 4.79 Å². The van der Waals surface area contributed by atoms with E-state index in [-0.39, 0.29) is 11.1 Å². The Morgan fingerprint density at radius 3 is 2.50 bits per heavy atom. The van der Waals surface area contributed by atoms with Gasteiger partial charge in [-0.3, -0.25) is 5.32 Å². The van der Waals surface area contributed by atoms with E-state index in [2.05, 4.69) is 16.0 Å². The predicted molar refractivity (Wildman–Crippen MR) is 60.3 cm³/mol. The van der Waals surface area contributed by atoms with Gasteiger partial charge in [0.15, 0.2) is 5.11 Å². The molecule has 74 valence electrons. The summed E-state index contributed by atoms with van der Waals surface area (Å²) in [6, 6.07) is 9.05. The second-order valence-corrected chi connectivity index (χ2v) is 2.93. The number of amides is 2. The molecule has 0 atom stereocenters. The van der Waals surface area contributed by atoms with Gasteiger partial charge in [0, 0.05) is 12.7 Å². The summed E-state index contributed by atoms with van der Waals surface area (Å²) in [6.45, 7) is 0. The maximum Gasteiger partial charge on any atom is 0.320 e. The molecule has 5 heteroatoms. The molecular weight excluding hydrogens is 198 g/mol. The summed E-state index contributed by atoms with van der Waals surface area (Å²) < 4.78 is 0. The number of hydrogen-bond acceptors (Lipinski definition) is 2. The number of thiocarbonyl (C=S) groups is 1. The Bertz CT molecular complexity index is 326. The van der Waals surface area contributed by atoms with Crippen molar-refractivity contribution in [2.45, 2.75) is 0 Å². The molecule has 0 aliphatic carbocycles.